The van der Waals surface area contributed by atoms with Gasteiger partial charge in [-0.1, -0.05) is 6.92 Å². The van der Waals surface area contributed by atoms with E-state index in [0.717, 1.165) is 51.6 Å². The van der Waals surface area contributed by atoms with Crippen molar-refractivity contribution in [1.29, 1.82) is 0 Å². The van der Waals surface area contributed by atoms with Crippen molar-refractivity contribution in [2.75, 3.05) is 26.9 Å². The molecule has 3 aliphatic rings. The molecule has 0 aromatic heterocycles. The van der Waals surface area contributed by atoms with Gasteiger partial charge in [0.1, 0.15) is 5.60 Å². The highest BCUT2D eigenvalue weighted by Gasteiger charge is 2.49. The Morgan fingerprint density at radius 1 is 1.14 bits per heavy atom. The van der Waals surface area contributed by atoms with Gasteiger partial charge >= 0.3 is 0 Å². The van der Waals surface area contributed by atoms with E-state index >= 15 is 0 Å². The average molecular weight is 296 g/mol. The van der Waals surface area contributed by atoms with E-state index in [0.29, 0.717) is 24.9 Å². The number of hydrogen-bond donors (Lipinski definition) is 0. The molecule has 21 heavy (non-hydrogen) atoms. The Hall–Kier alpha value is -0.450. The Labute approximate surface area is 127 Å². The molecule has 120 valence electrons. The van der Waals surface area contributed by atoms with Crippen LogP contribution in [-0.4, -0.2) is 43.9 Å². The molecule has 0 N–H and O–H groups in total. The van der Waals surface area contributed by atoms with Gasteiger partial charge in [0, 0.05) is 32.7 Å². The van der Waals surface area contributed by atoms with E-state index < -0.39 is 5.60 Å². The number of methoxy groups -OCH3 is 1. The summed E-state index contributed by atoms with van der Waals surface area (Å²) in [6, 6.07) is 0. The molecule has 0 aromatic carbocycles. The van der Waals surface area contributed by atoms with Crippen LogP contribution in [0.4, 0.5) is 0 Å². The quantitative estimate of drug-likeness (QED) is 0.803. The van der Waals surface area contributed by atoms with Crippen molar-refractivity contribution in [1.82, 2.24) is 0 Å². The van der Waals surface area contributed by atoms with Gasteiger partial charge in [-0.05, 0) is 44.4 Å². The molecule has 4 heteroatoms. The van der Waals surface area contributed by atoms with Gasteiger partial charge in [-0.3, -0.25) is 4.79 Å². The zero-order valence-corrected chi connectivity index (χ0v) is 13.4. The fraction of sp³-hybridized carbons (Fsp3) is 0.941. The third kappa shape index (κ3) is 2.90. The van der Waals surface area contributed by atoms with Crippen molar-refractivity contribution in [2.45, 2.75) is 63.1 Å². The van der Waals surface area contributed by atoms with E-state index in [9.17, 15) is 4.79 Å². The predicted molar refractivity (Wildman–Crippen MR) is 79.2 cm³/mol. The van der Waals surface area contributed by atoms with Crippen molar-refractivity contribution in [3.8, 4) is 0 Å². The van der Waals surface area contributed by atoms with Crippen LogP contribution in [0.25, 0.3) is 0 Å². The second-order valence-electron chi connectivity index (χ2n) is 7.27. The highest BCUT2D eigenvalue weighted by atomic mass is 16.6. The summed E-state index contributed by atoms with van der Waals surface area (Å²) in [5.41, 5.74) is -0.732. The first-order valence-electron chi connectivity index (χ1n) is 8.40. The smallest absolute Gasteiger partial charge is 0.167 e. The maximum Gasteiger partial charge on any atom is 0.167 e. The lowest BCUT2D eigenvalue weighted by molar-refractivity contribution is -0.161. The van der Waals surface area contributed by atoms with Crippen LogP contribution in [0.1, 0.15) is 51.9 Å². The summed E-state index contributed by atoms with van der Waals surface area (Å²) in [6.45, 7) is 4.35. The lowest BCUT2D eigenvalue weighted by atomic mass is 9.71. The topological polar surface area (TPSA) is 44.8 Å². The van der Waals surface area contributed by atoms with Gasteiger partial charge in [-0.25, -0.2) is 0 Å². The van der Waals surface area contributed by atoms with Crippen LogP contribution in [-0.2, 0) is 19.0 Å². The molecule has 1 spiro atoms. The van der Waals surface area contributed by atoms with Crippen LogP contribution in [0.2, 0.25) is 0 Å². The molecule has 0 amide bonds. The minimum absolute atomic E-state index is 0.0776. The number of ketones is 1. The normalized spacial score (nSPS) is 44.1. The predicted octanol–water partition coefficient (Wildman–Crippen LogP) is 2.74. The van der Waals surface area contributed by atoms with Gasteiger partial charge in [0.05, 0.1) is 12.2 Å². The Bertz CT molecular complexity index is 378. The molecule has 4 nitrogen and oxygen atoms in total. The molecular weight excluding hydrogens is 268 g/mol. The first kappa shape index (κ1) is 15.4. The Morgan fingerprint density at radius 3 is 2.52 bits per heavy atom. The molecule has 1 aliphatic carbocycles. The molecule has 1 saturated carbocycles. The SMILES string of the molecule is COC1(C(=O)C2CCOC3(CCOC3)C2)CCC(C)CC1. The number of Topliss-reactive ketones (excluding diaryl/α,β-unsaturated/α-hetero) is 1. The molecule has 3 rings (SSSR count). The first-order valence-corrected chi connectivity index (χ1v) is 8.40. The minimum atomic E-state index is -0.533. The second kappa shape index (κ2) is 5.98. The molecule has 2 atom stereocenters. The fourth-order valence-corrected chi connectivity index (χ4v) is 4.27. The Kier molecular flexibility index (Phi) is 4.40. The summed E-state index contributed by atoms with van der Waals surface area (Å²) in [4.78, 5) is 13.1. The summed E-state index contributed by atoms with van der Waals surface area (Å²) in [7, 11) is 1.71. The van der Waals surface area contributed by atoms with E-state index in [-0.39, 0.29) is 11.5 Å². The minimum Gasteiger partial charge on any atom is -0.378 e. The van der Waals surface area contributed by atoms with Crippen molar-refractivity contribution >= 4 is 5.78 Å². The van der Waals surface area contributed by atoms with E-state index in [4.69, 9.17) is 14.2 Å². The molecule has 0 bridgehead atoms. The second-order valence-corrected chi connectivity index (χ2v) is 7.27. The van der Waals surface area contributed by atoms with Gasteiger partial charge in [0.25, 0.3) is 0 Å². The van der Waals surface area contributed by atoms with Crippen molar-refractivity contribution in [3.05, 3.63) is 0 Å². The lowest BCUT2D eigenvalue weighted by Crippen LogP contribution is -2.51. The molecule has 0 aromatic rings. The van der Waals surface area contributed by atoms with Crippen LogP contribution < -0.4 is 0 Å². The summed E-state index contributed by atoms with van der Waals surface area (Å²) in [6.07, 6.45) is 6.52. The highest BCUT2D eigenvalue weighted by molar-refractivity contribution is 5.89. The average Bonchev–Trinajstić information content (AvgIpc) is 2.95. The van der Waals surface area contributed by atoms with Crippen LogP contribution in [0.5, 0.6) is 0 Å². The standard InChI is InChI=1S/C17H28O4/c1-13-3-6-17(19-2,7-4-13)15(18)14-5-9-21-16(11-14)8-10-20-12-16/h13-14H,3-12H2,1-2H3. The molecule has 2 unspecified atom stereocenters. The molecule has 2 heterocycles. The van der Waals surface area contributed by atoms with E-state index in [1.54, 1.807) is 7.11 Å². The summed E-state index contributed by atoms with van der Waals surface area (Å²) < 4.78 is 17.2. The molecule has 2 saturated heterocycles. The number of carbonyl (C=O) groups excluding carboxylic acids is 1. The van der Waals surface area contributed by atoms with Gasteiger partial charge in [-0.15, -0.1) is 0 Å². The maximum absolute atomic E-state index is 13.1. The van der Waals surface area contributed by atoms with Crippen molar-refractivity contribution < 1.29 is 19.0 Å². The zero-order chi connectivity index (χ0) is 14.9. The van der Waals surface area contributed by atoms with Crippen LogP contribution in [0, 0.1) is 11.8 Å². The molecule has 2 aliphatic heterocycles. The fourth-order valence-electron chi connectivity index (χ4n) is 4.27. The highest BCUT2D eigenvalue weighted by Crippen LogP contribution is 2.42. The van der Waals surface area contributed by atoms with Crippen LogP contribution in [0.3, 0.4) is 0 Å². The monoisotopic (exact) mass is 296 g/mol. The summed E-state index contributed by atoms with van der Waals surface area (Å²) >= 11 is 0. The van der Waals surface area contributed by atoms with E-state index in [1.807, 2.05) is 0 Å². The lowest BCUT2D eigenvalue weighted by Gasteiger charge is -2.43. The molecule has 3 fully saturated rings. The third-order valence-electron chi connectivity index (χ3n) is 5.85. The van der Waals surface area contributed by atoms with Crippen LogP contribution >= 0.6 is 0 Å². The molecular formula is C17H28O4. The van der Waals surface area contributed by atoms with Crippen LogP contribution in [0.15, 0.2) is 0 Å². The van der Waals surface area contributed by atoms with Gasteiger partial charge in [-0.2, -0.15) is 0 Å². The first-order chi connectivity index (χ1) is 10.1. The largest absolute Gasteiger partial charge is 0.378 e. The van der Waals surface area contributed by atoms with Crippen molar-refractivity contribution in [2.24, 2.45) is 11.8 Å². The maximum atomic E-state index is 13.1. The Morgan fingerprint density at radius 2 is 1.90 bits per heavy atom. The number of ether oxygens (including phenoxy) is 3. The van der Waals surface area contributed by atoms with Gasteiger partial charge in [0.15, 0.2) is 5.78 Å². The van der Waals surface area contributed by atoms with Crippen molar-refractivity contribution in [3.63, 3.8) is 0 Å². The zero-order valence-electron chi connectivity index (χ0n) is 13.4. The number of carbonyl (C=O) groups is 1. The summed E-state index contributed by atoms with van der Waals surface area (Å²) in [5.74, 6) is 1.12. The van der Waals surface area contributed by atoms with E-state index in [1.165, 1.54) is 0 Å². The van der Waals surface area contributed by atoms with Gasteiger partial charge in [0.2, 0.25) is 0 Å². The number of rotatable bonds is 3. The van der Waals surface area contributed by atoms with Gasteiger partial charge < -0.3 is 14.2 Å². The molecule has 0 radical (unpaired) electrons. The third-order valence-corrected chi connectivity index (χ3v) is 5.85. The summed E-state index contributed by atoms with van der Waals surface area (Å²) in [5, 5.41) is 0. The number of hydrogen-bond acceptors (Lipinski definition) is 4. The van der Waals surface area contributed by atoms with E-state index in [2.05, 4.69) is 6.92 Å². The Balaban J connectivity index is 1.71.